The Balaban J connectivity index is 2.12. The largest absolute Gasteiger partial charge is 0.363 e. The normalized spacial score (nSPS) is 25.3. The maximum absolute atomic E-state index is 13.1. The van der Waals surface area contributed by atoms with Crippen LogP contribution in [0.15, 0.2) is 0 Å². The highest BCUT2D eigenvalue weighted by molar-refractivity contribution is 7.80. The summed E-state index contributed by atoms with van der Waals surface area (Å²) in [6.45, 7) is 13.6. The van der Waals surface area contributed by atoms with Crippen molar-refractivity contribution in [3.05, 3.63) is 0 Å². The Morgan fingerprint density at radius 2 is 1.92 bits per heavy atom. The molecule has 2 saturated heterocycles. The highest BCUT2D eigenvalue weighted by Gasteiger charge is 2.53. The van der Waals surface area contributed by atoms with Crippen molar-refractivity contribution in [2.24, 2.45) is 5.92 Å². The maximum Gasteiger partial charge on any atom is 0.241 e. The third kappa shape index (κ3) is 4.11. The fraction of sp³-hybridized carbons (Fsp3) is 0.895. The summed E-state index contributed by atoms with van der Waals surface area (Å²) in [5.41, 5.74) is -0.197. The van der Waals surface area contributed by atoms with Gasteiger partial charge < -0.3 is 15.1 Å². The average Bonchev–Trinajstić information content (AvgIpc) is 2.91. The molecule has 0 aromatic rings. The molecule has 2 heterocycles. The van der Waals surface area contributed by atoms with Gasteiger partial charge in [0.1, 0.15) is 0 Å². The standard InChI is InChI=1S/C19H36N4OS/c1-6-11-20-18(25)22-12-9-19(10-13-22)21-16(14(4)7-2)17(24)23(19)15(5)8-3/h14-16,21H,6-13H2,1-5H3,(H,20,25)/t14-,15+,16-/m1/s1. The van der Waals surface area contributed by atoms with E-state index in [1.54, 1.807) is 0 Å². The first-order valence-electron chi connectivity index (χ1n) is 10.0. The van der Waals surface area contributed by atoms with E-state index in [2.05, 4.69) is 55.1 Å². The van der Waals surface area contributed by atoms with Gasteiger partial charge in [-0.15, -0.1) is 0 Å². The summed E-state index contributed by atoms with van der Waals surface area (Å²) < 4.78 is 0. The minimum atomic E-state index is -0.197. The Labute approximate surface area is 158 Å². The van der Waals surface area contributed by atoms with Gasteiger partial charge in [-0.1, -0.05) is 34.1 Å². The third-order valence-electron chi connectivity index (χ3n) is 6.04. The lowest BCUT2D eigenvalue weighted by Crippen LogP contribution is -2.62. The van der Waals surface area contributed by atoms with Crippen molar-refractivity contribution in [2.45, 2.75) is 84.5 Å². The predicted molar refractivity (Wildman–Crippen MR) is 107 cm³/mol. The Kier molecular flexibility index (Phi) is 7.09. The van der Waals surface area contributed by atoms with Crippen LogP contribution in [-0.2, 0) is 4.79 Å². The average molecular weight is 369 g/mol. The second-order valence-electron chi connectivity index (χ2n) is 7.72. The van der Waals surface area contributed by atoms with Crippen LogP contribution in [0, 0.1) is 5.92 Å². The number of likely N-dealkylation sites (tertiary alicyclic amines) is 1. The molecule has 25 heavy (non-hydrogen) atoms. The fourth-order valence-corrected chi connectivity index (χ4v) is 4.32. The summed E-state index contributed by atoms with van der Waals surface area (Å²) in [7, 11) is 0. The molecule has 0 bridgehead atoms. The first kappa shape index (κ1) is 20.4. The predicted octanol–water partition coefficient (Wildman–Crippen LogP) is 2.71. The van der Waals surface area contributed by atoms with E-state index < -0.39 is 0 Å². The molecule has 0 aliphatic carbocycles. The zero-order valence-corrected chi connectivity index (χ0v) is 17.4. The third-order valence-corrected chi connectivity index (χ3v) is 6.44. The van der Waals surface area contributed by atoms with Crippen LogP contribution in [0.4, 0.5) is 0 Å². The Hall–Kier alpha value is -0.880. The number of thiocarbonyl (C=S) groups is 1. The van der Waals surface area contributed by atoms with Crippen molar-refractivity contribution in [3.63, 3.8) is 0 Å². The van der Waals surface area contributed by atoms with Gasteiger partial charge in [-0.25, -0.2) is 0 Å². The van der Waals surface area contributed by atoms with Gasteiger partial charge in [0, 0.05) is 38.5 Å². The SMILES string of the molecule is CCCNC(=S)N1CCC2(CC1)N[C@H]([C@H](C)CC)C(=O)N2[C@@H](C)CC. The second-order valence-corrected chi connectivity index (χ2v) is 8.11. The Bertz CT molecular complexity index is 476. The van der Waals surface area contributed by atoms with E-state index in [9.17, 15) is 4.79 Å². The number of carbonyl (C=O) groups excluding carboxylic acids is 1. The molecule has 1 spiro atoms. The lowest BCUT2D eigenvalue weighted by atomic mass is 9.94. The molecule has 0 aromatic heterocycles. The number of nitrogens with one attached hydrogen (secondary N) is 2. The molecular formula is C19H36N4OS. The summed E-state index contributed by atoms with van der Waals surface area (Å²) in [4.78, 5) is 17.6. The van der Waals surface area contributed by atoms with Gasteiger partial charge in [0.15, 0.2) is 5.11 Å². The first-order chi connectivity index (χ1) is 11.9. The quantitative estimate of drug-likeness (QED) is 0.706. The number of piperidine rings is 1. The van der Waals surface area contributed by atoms with Crippen LogP contribution >= 0.6 is 12.2 Å². The zero-order chi connectivity index (χ0) is 18.6. The number of rotatable bonds is 6. The smallest absolute Gasteiger partial charge is 0.241 e. The van der Waals surface area contributed by atoms with E-state index in [4.69, 9.17) is 12.2 Å². The molecule has 2 aliphatic heterocycles. The number of nitrogens with zero attached hydrogens (tertiary/aromatic N) is 2. The summed E-state index contributed by atoms with van der Waals surface area (Å²) in [6, 6.07) is 0.224. The van der Waals surface area contributed by atoms with Crippen LogP contribution in [-0.4, -0.2) is 58.2 Å². The minimum absolute atomic E-state index is 0.0456. The van der Waals surface area contributed by atoms with Crippen molar-refractivity contribution in [2.75, 3.05) is 19.6 Å². The fourth-order valence-electron chi connectivity index (χ4n) is 4.03. The van der Waals surface area contributed by atoms with Crippen molar-refractivity contribution < 1.29 is 4.79 Å². The molecule has 3 atom stereocenters. The second kappa shape index (κ2) is 8.67. The van der Waals surface area contributed by atoms with Gasteiger partial charge in [0.05, 0.1) is 11.7 Å². The summed E-state index contributed by atoms with van der Waals surface area (Å²) >= 11 is 5.53. The Morgan fingerprint density at radius 1 is 1.28 bits per heavy atom. The first-order valence-corrected chi connectivity index (χ1v) is 10.4. The lowest BCUT2D eigenvalue weighted by molar-refractivity contribution is -0.136. The van der Waals surface area contributed by atoms with E-state index >= 15 is 0 Å². The molecule has 5 nitrogen and oxygen atoms in total. The Morgan fingerprint density at radius 3 is 2.44 bits per heavy atom. The van der Waals surface area contributed by atoms with Gasteiger partial charge in [-0.2, -0.15) is 0 Å². The highest BCUT2D eigenvalue weighted by atomic mass is 32.1. The number of hydrogen-bond acceptors (Lipinski definition) is 3. The lowest BCUT2D eigenvalue weighted by Gasteiger charge is -2.47. The number of carbonyl (C=O) groups is 1. The van der Waals surface area contributed by atoms with Crippen LogP contribution in [0.25, 0.3) is 0 Å². The molecule has 2 rings (SSSR count). The van der Waals surface area contributed by atoms with Crippen LogP contribution in [0.5, 0.6) is 0 Å². The van der Waals surface area contributed by atoms with Crippen molar-refractivity contribution >= 4 is 23.2 Å². The molecule has 2 fully saturated rings. The van der Waals surface area contributed by atoms with Crippen molar-refractivity contribution in [1.29, 1.82) is 0 Å². The molecule has 0 radical (unpaired) electrons. The highest BCUT2D eigenvalue weighted by Crippen LogP contribution is 2.36. The van der Waals surface area contributed by atoms with Crippen molar-refractivity contribution in [1.82, 2.24) is 20.4 Å². The monoisotopic (exact) mass is 368 g/mol. The number of amides is 1. The summed E-state index contributed by atoms with van der Waals surface area (Å²) in [6.07, 6.45) is 4.95. The number of hydrogen-bond donors (Lipinski definition) is 2. The molecule has 0 aromatic carbocycles. The molecule has 1 amide bonds. The van der Waals surface area contributed by atoms with Crippen LogP contribution in [0.3, 0.4) is 0 Å². The van der Waals surface area contributed by atoms with E-state index in [0.29, 0.717) is 11.8 Å². The molecule has 0 saturated carbocycles. The molecule has 6 heteroatoms. The molecule has 2 N–H and O–H groups in total. The molecule has 144 valence electrons. The summed E-state index contributed by atoms with van der Waals surface area (Å²) in [5.74, 6) is 0.660. The van der Waals surface area contributed by atoms with E-state index in [-0.39, 0.29) is 17.7 Å². The van der Waals surface area contributed by atoms with Gasteiger partial charge in [-0.05, 0) is 37.9 Å². The summed E-state index contributed by atoms with van der Waals surface area (Å²) in [5, 5.41) is 7.94. The van der Waals surface area contributed by atoms with Crippen LogP contribution in [0.2, 0.25) is 0 Å². The van der Waals surface area contributed by atoms with E-state index in [1.807, 2.05) is 0 Å². The maximum atomic E-state index is 13.1. The topological polar surface area (TPSA) is 47.6 Å². The van der Waals surface area contributed by atoms with E-state index in [0.717, 1.165) is 56.9 Å². The molecular weight excluding hydrogens is 332 g/mol. The van der Waals surface area contributed by atoms with Gasteiger partial charge >= 0.3 is 0 Å². The van der Waals surface area contributed by atoms with Gasteiger partial charge in [0.25, 0.3) is 0 Å². The van der Waals surface area contributed by atoms with E-state index in [1.165, 1.54) is 0 Å². The van der Waals surface area contributed by atoms with Crippen LogP contribution < -0.4 is 10.6 Å². The minimum Gasteiger partial charge on any atom is -0.363 e. The molecule has 2 aliphatic rings. The van der Waals surface area contributed by atoms with Gasteiger partial charge in [0.2, 0.25) is 5.91 Å². The zero-order valence-electron chi connectivity index (χ0n) is 16.6. The molecule has 0 unspecified atom stereocenters. The van der Waals surface area contributed by atoms with Gasteiger partial charge in [-0.3, -0.25) is 10.1 Å². The van der Waals surface area contributed by atoms with Crippen LogP contribution in [0.1, 0.15) is 66.7 Å². The van der Waals surface area contributed by atoms with Crippen molar-refractivity contribution in [3.8, 4) is 0 Å².